The smallest absolute Gasteiger partial charge is 0.0265 e. The summed E-state index contributed by atoms with van der Waals surface area (Å²) in [6.45, 7) is 8.16. The highest BCUT2D eigenvalue weighted by atomic mass is 13.9. The van der Waals surface area contributed by atoms with Crippen molar-refractivity contribution in [3.05, 3.63) is 24.8 Å². The summed E-state index contributed by atoms with van der Waals surface area (Å²) in [7, 11) is 0. The molecule has 11 heavy (non-hydrogen) atoms. The van der Waals surface area contributed by atoms with E-state index >= 15 is 0 Å². The standard InChI is InChI=1S/C11H20/c1-4-6-7-8-9-10-11(3)5-2/h4,9-11H,1,5-8H2,2-3H3. The molecule has 0 aromatic heterocycles. The molecule has 0 bridgehead atoms. The first kappa shape index (κ1) is 10.5. The van der Waals surface area contributed by atoms with E-state index < -0.39 is 0 Å². The Balaban J connectivity index is 3.21. The van der Waals surface area contributed by atoms with Gasteiger partial charge in [-0.1, -0.05) is 38.5 Å². The van der Waals surface area contributed by atoms with Crippen LogP contribution in [0.2, 0.25) is 0 Å². The van der Waals surface area contributed by atoms with Crippen LogP contribution in [0.4, 0.5) is 0 Å². The first-order valence-electron chi connectivity index (χ1n) is 4.58. The largest absolute Gasteiger partial charge is 0.103 e. The third-order valence-corrected chi connectivity index (χ3v) is 1.89. The lowest BCUT2D eigenvalue weighted by molar-refractivity contribution is 0.693. The molecule has 0 rings (SSSR count). The Labute approximate surface area is 71.0 Å². The number of unbranched alkanes of at least 4 members (excludes halogenated alkanes) is 2. The summed E-state index contributed by atoms with van der Waals surface area (Å²) in [5, 5.41) is 0. The molecule has 0 saturated carbocycles. The van der Waals surface area contributed by atoms with Crippen LogP contribution in [0.1, 0.15) is 39.5 Å². The molecule has 0 radical (unpaired) electrons. The van der Waals surface area contributed by atoms with Crippen LogP contribution in [0.3, 0.4) is 0 Å². The minimum Gasteiger partial charge on any atom is -0.103 e. The third kappa shape index (κ3) is 7.38. The van der Waals surface area contributed by atoms with Crippen molar-refractivity contribution in [2.24, 2.45) is 5.92 Å². The summed E-state index contributed by atoms with van der Waals surface area (Å²) < 4.78 is 0. The van der Waals surface area contributed by atoms with Crippen molar-refractivity contribution in [2.75, 3.05) is 0 Å². The van der Waals surface area contributed by atoms with E-state index in [0.717, 1.165) is 12.3 Å². The number of rotatable bonds is 6. The van der Waals surface area contributed by atoms with Gasteiger partial charge in [0.1, 0.15) is 0 Å². The molecule has 0 saturated heterocycles. The van der Waals surface area contributed by atoms with Crippen LogP contribution in [0, 0.1) is 5.92 Å². The highest BCUT2D eigenvalue weighted by Gasteiger charge is 1.88. The second kappa shape index (κ2) is 7.59. The minimum atomic E-state index is 0.749. The number of allylic oxidation sites excluding steroid dienone is 3. The van der Waals surface area contributed by atoms with E-state index in [1.807, 2.05) is 6.08 Å². The average molecular weight is 152 g/mol. The quantitative estimate of drug-likeness (QED) is 0.399. The lowest BCUT2D eigenvalue weighted by Gasteiger charge is -1.98. The second-order valence-corrected chi connectivity index (χ2v) is 3.03. The molecule has 0 fully saturated rings. The van der Waals surface area contributed by atoms with Crippen molar-refractivity contribution in [3.8, 4) is 0 Å². The van der Waals surface area contributed by atoms with Crippen molar-refractivity contribution in [1.29, 1.82) is 0 Å². The summed E-state index contributed by atoms with van der Waals surface area (Å²) in [4.78, 5) is 0. The molecule has 1 atom stereocenters. The lowest BCUT2D eigenvalue weighted by Crippen LogP contribution is -1.83. The molecule has 64 valence electrons. The molecule has 0 aromatic rings. The Morgan fingerprint density at radius 1 is 1.36 bits per heavy atom. The molecule has 0 spiro atoms. The van der Waals surface area contributed by atoms with Crippen LogP contribution >= 0.6 is 0 Å². The van der Waals surface area contributed by atoms with Gasteiger partial charge in [0.25, 0.3) is 0 Å². The Kier molecular flexibility index (Phi) is 7.23. The summed E-state index contributed by atoms with van der Waals surface area (Å²) in [6, 6.07) is 0. The summed E-state index contributed by atoms with van der Waals surface area (Å²) in [5.41, 5.74) is 0. The van der Waals surface area contributed by atoms with Crippen molar-refractivity contribution >= 4 is 0 Å². The summed E-state index contributed by atoms with van der Waals surface area (Å²) >= 11 is 0. The van der Waals surface area contributed by atoms with E-state index in [4.69, 9.17) is 0 Å². The van der Waals surface area contributed by atoms with Gasteiger partial charge >= 0.3 is 0 Å². The van der Waals surface area contributed by atoms with Gasteiger partial charge in [-0.2, -0.15) is 0 Å². The maximum Gasteiger partial charge on any atom is -0.0265 e. The van der Waals surface area contributed by atoms with Gasteiger partial charge in [-0.05, 0) is 25.2 Å². The monoisotopic (exact) mass is 152 g/mol. The van der Waals surface area contributed by atoms with E-state index in [1.165, 1.54) is 19.3 Å². The lowest BCUT2D eigenvalue weighted by atomic mass is 10.1. The molecular weight excluding hydrogens is 132 g/mol. The molecule has 0 aliphatic rings. The molecule has 0 heteroatoms. The van der Waals surface area contributed by atoms with E-state index in [1.54, 1.807) is 0 Å². The molecule has 0 nitrogen and oxygen atoms in total. The highest BCUT2D eigenvalue weighted by molar-refractivity contribution is 4.86. The Morgan fingerprint density at radius 2 is 2.09 bits per heavy atom. The fraction of sp³-hybridized carbons (Fsp3) is 0.636. The predicted octanol–water partition coefficient (Wildman–Crippen LogP) is 3.95. The van der Waals surface area contributed by atoms with Crippen LogP contribution < -0.4 is 0 Å². The Morgan fingerprint density at radius 3 is 2.64 bits per heavy atom. The molecule has 0 amide bonds. The molecule has 0 aliphatic carbocycles. The van der Waals surface area contributed by atoms with Crippen LogP contribution in [-0.2, 0) is 0 Å². The van der Waals surface area contributed by atoms with Gasteiger partial charge in [0, 0.05) is 0 Å². The zero-order valence-electron chi connectivity index (χ0n) is 7.84. The molecule has 0 aliphatic heterocycles. The minimum absolute atomic E-state index is 0.749. The van der Waals surface area contributed by atoms with Gasteiger partial charge in [0.15, 0.2) is 0 Å². The van der Waals surface area contributed by atoms with Gasteiger partial charge < -0.3 is 0 Å². The van der Waals surface area contributed by atoms with Gasteiger partial charge in [0.05, 0.1) is 0 Å². The molecular formula is C11H20. The van der Waals surface area contributed by atoms with Crippen LogP contribution in [0.5, 0.6) is 0 Å². The maximum absolute atomic E-state index is 3.69. The third-order valence-electron chi connectivity index (χ3n) is 1.89. The Hall–Kier alpha value is -0.520. The summed E-state index contributed by atoms with van der Waals surface area (Å²) in [5.74, 6) is 0.749. The van der Waals surface area contributed by atoms with Crippen LogP contribution in [0.15, 0.2) is 24.8 Å². The fourth-order valence-electron chi connectivity index (χ4n) is 0.845. The van der Waals surface area contributed by atoms with E-state index in [0.29, 0.717) is 0 Å². The Bertz CT molecular complexity index is 111. The van der Waals surface area contributed by atoms with Crippen molar-refractivity contribution in [2.45, 2.75) is 39.5 Å². The van der Waals surface area contributed by atoms with Crippen molar-refractivity contribution < 1.29 is 0 Å². The normalized spacial score (nSPS) is 13.6. The molecule has 0 N–H and O–H groups in total. The zero-order chi connectivity index (χ0) is 8.53. The first-order chi connectivity index (χ1) is 5.31. The molecule has 0 heterocycles. The predicted molar refractivity (Wildman–Crippen MR) is 52.6 cm³/mol. The van der Waals surface area contributed by atoms with Gasteiger partial charge in [-0.3, -0.25) is 0 Å². The van der Waals surface area contributed by atoms with Gasteiger partial charge in [-0.25, -0.2) is 0 Å². The highest BCUT2D eigenvalue weighted by Crippen LogP contribution is 2.04. The van der Waals surface area contributed by atoms with E-state index in [-0.39, 0.29) is 0 Å². The SMILES string of the molecule is C=CCCCC=CC(C)CC. The maximum atomic E-state index is 3.69. The summed E-state index contributed by atoms with van der Waals surface area (Å²) in [6.07, 6.45) is 11.4. The number of hydrogen-bond acceptors (Lipinski definition) is 0. The van der Waals surface area contributed by atoms with Gasteiger partial charge in [0.2, 0.25) is 0 Å². The fourth-order valence-corrected chi connectivity index (χ4v) is 0.845. The van der Waals surface area contributed by atoms with Crippen molar-refractivity contribution in [1.82, 2.24) is 0 Å². The van der Waals surface area contributed by atoms with Crippen molar-refractivity contribution in [3.63, 3.8) is 0 Å². The van der Waals surface area contributed by atoms with Crippen LogP contribution in [0.25, 0.3) is 0 Å². The van der Waals surface area contributed by atoms with E-state index in [9.17, 15) is 0 Å². The molecule has 1 unspecified atom stereocenters. The first-order valence-corrected chi connectivity index (χ1v) is 4.58. The topological polar surface area (TPSA) is 0 Å². The molecule has 0 aromatic carbocycles. The second-order valence-electron chi connectivity index (χ2n) is 3.03. The zero-order valence-corrected chi connectivity index (χ0v) is 7.84. The average Bonchev–Trinajstić information content (AvgIpc) is 2.04. The van der Waals surface area contributed by atoms with Gasteiger partial charge in [-0.15, -0.1) is 6.58 Å². The van der Waals surface area contributed by atoms with E-state index in [2.05, 4.69) is 32.6 Å². The van der Waals surface area contributed by atoms with Crippen LogP contribution in [-0.4, -0.2) is 0 Å². The number of hydrogen-bond donors (Lipinski definition) is 0.